The van der Waals surface area contributed by atoms with Crippen LogP contribution in [0.1, 0.15) is 0 Å². The molecule has 0 fully saturated rings. The topological polar surface area (TPSA) is 107 Å². The maximum absolute atomic E-state index is 5.55. The minimum atomic E-state index is 0.419. The Morgan fingerprint density at radius 1 is 0.923 bits per heavy atom. The Morgan fingerprint density at radius 2 is 1.73 bits per heavy atom. The number of nitrogens with zero attached hydrogens (tertiary/aromatic N) is 5. The fourth-order valence-corrected chi connectivity index (χ4v) is 2.46. The molecule has 128 valence electrons. The zero-order valence-corrected chi connectivity index (χ0v) is 13.7. The molecular weight excluding hydrogens is 328 g/mol. The molecule has 3 heterocycles. The van der Waals surface area contributed by atoms with Gasteiger partial charge in [-0.3, -0.25) is 4.98 Å². The maximum atomic E-state index is 5.55. The number of anilines is 3. The first-order valence-electron chi connectivity index (χ1n) is 7.96. The lowest BCUT2D eigenvalue weighted by Gasteiger charge is -2.09. The van der Waals surface area contributed by atoms with Gasteiger partial charge in [-0.1, -0.05) is 18.2 Å². The zero-order valence-electron chi connectivity index (χ0n) is 13.7. The van der Waals surface area contributed by atoms with Crippen LogP contribution in [0.2, 0.25) is 0 Å². The quantitative estimate of drug-likeness (QED) is 0.377. The molecule has 4 N–H and O–H groups in total. The lowest BCUT2D eigenvalue weighted by molar-refractivity contribution is 0.845. The third kappa shape index (κ3) is 3.35. The third-order valence-electron chi connectivity index (χ3n) is 3.69. The van der Waals surface area contributed by atoms with Crippen molar-refractivity contribution in [3.05, 3.63) is 73.2 Å². The Balaban J connectivity index is 1.68. The van der Waals surface area contributed by atoms with Crippen molar-refractivity contribution < 1.29 is 0 Å². The molecule has 0 atom stereocenters. The van der Waals surface area contributed by atoms with Crippen LogP contribution in [0.5, 0.6) is 0 Å². The summed E-state index contributed by atoms with van der Waals surface area (Å²) in [5.74, 6) is 7.04. The second-order valence-electron chi connectivity index (χ2n) is 5.45. The molecule has 4 rings (SSSR count). The minimum absolute atomic E-state index is 0.419. The molecule has 0 aliphatic heterocycles. The number of nitrogens with two attached hydrogens (primary N) is 1. The van der Waals surface area contributed by atoms with E-state index in [0.717, 1.165) is 16.9 Å². The Kier molecular flexibility index (Phi) is 4.23. The normalized spacial score (nSPS) is 10.5. The van der Waals surface area contributed by atoms with Crippen molar-refractivity contribution in [3.63, 3.8) is 0 Å². The summed E-state index contributed by atoms with van der Waals surface area (Å²) in [6.45, 7) is 0. The first kappa shape index (κ1) is 15.7. The van der Waals surface area contributed by atoms with E-state index in [1.165, 1.54) is 0 Å². The van der Waals surface area contributed by atoms with Crippen LogP contribution in [-0.4, -0.2) is 24.7 Å². The van der Waals surface area contributed by atoms with Gasteiger partial charge in [-0.25, -0.2) is 10.5 Å². The molecule has 0 saturated carbocycles. The highest BCUT2D eigenvalue weighted by molar-refractivity contribution is 5.59. The summed E-state index contributed by atoms with van der Waals surface area (Å²) in [6.07, 6.45) is 5.30. The number of nitrogen functional groups attached to an aromatic ring is 1. The second-order valence-corrected chi connectivity index (χ2v) is 5.45. The number of benzene rings is 1. The molecule has 0 bridgehead atoms. The molecular formula is C18H16N8. The predicted molar refractivity (Wildman–Crippen MR) is 99.9 cm³/mol. The summed E-state index contributed by atoms with van der Waals surface area (Å²) >= 11 is 0. The lowest BCUT2D eigenvalue weighted by atomic mass is 10.2. The van der Waals surface area contributed by atoms with Gasteiger partial charge < -0.3 is 10.7 Å². The van der Waals surface area contributed by atoms with E-state index in [9.17, 15) is 0 Å². The van der Waals surface area contributed by atoms with Crippen molar-refractivity contribution >= 4 is 17.5 Å². The number of para-hydroxylation sites is 1. The molecule has 0 unspecified atom stereocenters. The lowest BCUT2D eigenvalue weighted by Crippen LogP contribution is -2.12. The van der Waals surface area contributed by atoms with Crippen LogP contribution in [-0.2, 0) is 0 Å². The fraction of sp³-hybridized carbons (Fsp3) is 0. The first-order valence-corrected chi connectivity index (χ1v) is 7.96. The highest BCUT2D eigenvalue weighted by atomic mass is 15.3. The number of pyridine rings is 1. The van der Waals surface area contributed by atoms with Crippen LogP contribution >= 0.6 is 0 Å². The number of aromatic nitrogens is 5. The van der Waals surface area contributed by atoms with E-state index >= 15 is 0 Å². The van der Waals surface area contributed by atoms with E-state index in [1.54, 1.807) is 23.1 Å². The average molecular weight is 344 g/mol. The highest BCUT2D eigenvalue weighted by Crippen LogP contribution is 2.20. The van der Waals surface area contributed by atoms with Crippen molar-refractivity contribution in [1.82, 2.24) is 24.7 Å². The summed E-state index contributed by atoms with van der Waals surface area (Å²) in [5.41, 5.74) is 5.25. The first-order chi connectivity index (χ1) is 12.8. The molecule has 8 heteroatoms. The van der Waals surface area contributed by atoms with E-state index in [0.29, 0.717) is 17.6 Å². The summed E-state index contributed by atoms with van der Waals surface area (Å²) in [4.78, 5) is 12.9. The van der Waals surface area contributed by atoms with E-state index in [-0.39, 0.29) is 0 Å². The average Bonchev–Trinajstić information content (AvgIpc) is 3.19. The Labute approximate surface area is 149 Å². The molecule has 0 spiro atoms. The van der Waals surface area contributed by atoms with Gasteiger partial charge in [0, 0.05) is 35.9 Å². The predicted octanol–water partition coefficient (Wildman–Crippen LogP) is 2.75. The number of rotatable bonds is 5. The Hall–Kier alpha value is -3.78. The van der Waals surface area contributed by atoms with Gasteiger partial charge in [-0.05, 0) is 30.3 Å². The van der Waals surface area contributed by atoms with Crippen molar-refractivity contribution in [2.75, 3.05) is 10.7 Å². The zero-order chi connectivity index (χ0) is 17.8. The van der Waals surface area contributed by atoms with Crippen molar-refractivity contribution in [2.45, 2.75) is 0 Å². The fourth-order valence-electron chi connectivity index (χ4n) is 2.46. The molecule has 8 nitrogen and oxygen atoms in total. The molecule has 0 saturated heterocycles. The molecule has 0 amide bonds. The van der Waals surface area contributed by atoms with Gasteiger partial charge in [-0.15, -0.1) is 0 Å². The summed E-state index contributed by atoms with van der Waals surface area (Å²) in [7, 11) is 0. The molecule has 0 aliphatic carbocycles. The number of hydrogen-bond acceptors (Lipinski definition) is 7. The van der Waals surface area contributed by atoms with E-state index in [4.69, 9.17) is 5.84 Å². The highest BCUT2D eigenvalue weighted by Gasteiger charge is 2.09. The monoisotopic (exact) mass is 344 g/mol. The molecule has 4 aromatic rings. The van der Waals surface area contributed by atoms with Crippen molar-refractivity contribution in [2.24, 2.45) is 5.84 Å². The SMILES string of the molecule is NNc1cc(-n2ccc(-c3ccncc3)n2)nc(Nc2ccccc2)n1. The van der Waals surface area contributed by atoms with Gasteiger partial charge in [-0.2, -0.15) is 15.1 Å². The molecule has 26 heavy (non-hydrogen) atoms. The standard InChI is InChI=1S/C18H16N8/c19-24-16-12-17(23-18(22-16)21-14-4-2-1-3-5-14)26-11-8-15(25-26)13-6-9-20-10-7-13/h1-12H,19H2,(H2,21,22,23,24). The minimum Gasteiger partial charge on any atom is -0.324 e. The van der Waals surface area contributed by atoms with Crippen LogP contribution in [0.25, 0.3) is 17.1 Å². The van der Waals surface area contributed by atoms with Gasteiger partial charge in [0.1, 0.15) is 5.82 Å². The van der Waals surface area contributed by atoms with Crippen LogP contribution < -0.4 is 16.6 Å². The van der Waals surface area contributed by atoms with Crippen molar-refractivity contribution in [1.29, 1.82) is 0 Å². The molecule has 1 aromatic carbocycles. The van der Waals surface area contributed by atoms with E-state index in [1.807, 2.05) is 54.7 Å². The van der Waals surface area contributed by atoms with Crippen LogP contribution in [0.3, 0.4) is 0 Å². The molecule has 0 aliphatic rings. The largest absolute Gasteiger partial charge is 0.324 e. The van der Waals surface area contributed by atoms with Gasteiger partial charge in [0.15, 0.2) is 5.82 Å². The Morgan fingerprint density at radius 3 is 2.50 bits per heavy atom. The van der Waals surface area contributed by atoms with E-state index in [2.05, 4.69) is 30.8 Å². The molecule has 0 radical (unpaired) electrons. The van der Waals surface area contributed by atoms with Gasteiger partial charge in [0.25, 0.3) is 0 Å². The van der Waals surface area contributed by atoms with Crippen molar-refractivity contribution in [3.8, 4) is 17.1 Å². The number of hydrazine groups is 1. The molecule has 3 aromatic heterocycles. The van der Waals surface area contributed by atoms with Crippen LogP contribution in [0, 0.1) is 0 Å². The van der Waals surface area contributed by atoms with Gasteiger partial charge in [0.05, 0.1) is 5.69 Å². The van der Waals surface area contributed by atoms with E-state index < -0.39 is 0 Å². The number of hydrogen-bond donors (Lipinski definition) is 3. The van der Waals surface area contributed by atoms with Crippen LogP contribution in [0.15, 0.2) is 73.2 Å². The number of nitrogens with one attached hydrogen (secondary N) is 2. The maximum Gasteiger partial charge on any atom is 0.231 e. The third-order valence-corrected chi connectivity index (χ3v) is 3.69. The van der Waals surface area contributed by atoms with Gasteiger partial charge in [0.2, 0.25) is 5.95 Å². The second kappa shape index (κ2) is 6.99. The smallest absolute Gasteiger partial charge is 0.231 e. The summed E-state index contributed by atoms with van der Waals surface area (Å²) in [6, 6.07) is 17.1. The van der Waals surface area contributed by atoms with Crippen LogP contribution in [0.4, 0.5) is 17.5 Å². The Bertz CT molecular complexity index is 998. The van der Waals surface area contributed by atoms with Gasteiger partial charge >= 0.3 is 0 Å². The summed E-state index contributed by atoms with van der Waals surface area (Å²) in [5, 5.41) is 7.74. The summed E-state index contributed by atoms with van der Waals surface area (Å²) < 4.78 is 1.68.